The Balaban J connectivity index is 2.18. The van der Waals surface area contributed by atoms with Gasteiger partial charge in [-0.3, -0.25) is 0 Å². The van der Waals surface area contributed by atoms with E-state index >= 15 is 0 Å². The molecule has 0 aromatic heterocycles. The Morgan fingerprint density at radius 3 is 2.65 bits per heavy atom. The zero-order valence-corrected chi connectivity index (χ0v) is 9.92. The van der Waals surface area contributed by atoms with Gasteiger partial charge in [0.25, 0.3) is 0 Å². The van der Waals surface area contributed by atoms with Crippen molar-refractivity contribution >= 4 is 0 Å². The Morgan fingerprint density at radius 1 is 1.12 bits per heavy atom. The first-order chi connectivity index (χ1) is 8.25. The molecule has 0 radical (unpaired) electrons. The van der Waals surface area contributed by atoms with Crippen molar-refractivity contribution in [2.75, 3.05) is 6.61 Å². The summed E-state index contributed by atoms with van der Waals surface area (Å²) in [4.78, 5) is 0. The van der Waals surface area contributed by atoms with Crippen molar-refractivity contribution in [2.24, 2.45) is 0 Å². The molecule has 94 valence electrons. The zero-order valence-electron chi connectivity index (χ0n) is 9.92. The van der Waals surface area contributed by atoms with Crippen molar-refractivity contribution in [3.8, 4) is 5.75 Å². The summed E-state index contributed by atoms with van der Waals surface area (Å²) in [6.07, 6.45) is 7.05. The van der Waals surface area contributed by atoms with Gasteiger partial charge < -0.3 is 4.74 Å². The summed E-state index contributed by atoms with van der Waals surface area (Å²) in [5.41, 5.74) is 0. The summed E-state index contributed by atoms with van der Waals surface area (Å²) in [5, 5.41) is 0. The van der Waals surface area contributed by atoms with E-state index in [4.69, 9.17) is 4.74 Å². The van der Waals surface area contributed by atoms with Gasteiger partial charge >= 0.3 is 0 Å². The van der Waals surface area contributed by atoms with Crippen molar-refractivity contribution in [3.05, 3.63) is 42.5 Å². The Morgan fingerprint density at radius 2 is 1.88 bits per heavy atom. The number of hydrogen-bond donors (Lipinski definition) is 0. The Hall–Kier alpha value is -1.38. The van der Waals surface area contributed by atoms with Gasteiger partial charge in [-0.15, -0.1) is 6.58 Å². The van der Waals surface area contributed by atoms with Crippen molar-refractivity contribution < 1.29 is 13.5 Å². The highest BCUT2D eigenvalue weighted by Crippen LogP contribution is 2.19. The van der Waals surface area contributed by atoms with E-state index in [0.29, 0.717) is 6.61 Å². The highest BCUT2D eigenvalue weighted by Gasteiger charge is 2.07. The maximum Gasteiger partial charge on any atom is 0.200 e. The van der Waals surface area contributed by atoms with E-state index < -0.39 is 11.6 Å². The molecule has 0 amide bonds. The van der Waals surface area contributed by atoms with Gasteiger partial charge in [-0.25, -0.2) is 4.39 Å². The van der Waals surface area contributed by atoms with Crippen molar-refractivity contribution in [3.63, 3.8) is 0 Å². The van der Waals surface area contributed by atoms with E-state index in [1.807, 2.05) is 6.08 Å². The summed E-state index contributed by atoms with van der Waals surface area (Å²) in [5.74, 6) is -1.77. The average Bonchev–Trinajstić information content (AvgIpc) is 2.33. The molecule has 3 heteroatoms. The monoisotopic (exact) mass is 240 g/mol. The lowest BCUT2D eigenvalue weighted by Gasteiger charge is -2.07. The summed E-state index contributed by atoms with van der Waals surface area (Å²) in [7, 11) is 0. The number of allylic oxidation sites excluding steroid dienone is 1. The summed E-state index contributed by atoms with van der Waals surface area (Å²) in [6.45, 7) is 4.08. The lowest BCUT2D eigenvalue weighted by molar-refractivity contribution is 0.285. The molecule has 1 aromatic rings. The van der Waals surface area contributed by atoms with Gasteiger partial charge in [-0.2, -0.15) is 4.39 Å². The Kier molecular flexibility index (Phi) is 6.30. The molecule has 0 N–H and O–H groups in total. The first kappa shape index (κ1) is 13.7. The maximum absolute atomic E-state index is 13.2. The first-order valence-electron chi connectivity index (χ1n) is 5.93. The molecule has 0 saturated carbocycles. The Labute approximate surface area is 101 Å². The first-order valence-corrected chi connectivity index (χ1v) is 5.93. The molecule has 0 bridgehead atoms. The van der Waals surface area contributed by atoms with Crippen LogP contribution in [-0.4, -0.2) is 6.61 Å². The quantitative estimate of drug-likeness (QED) is 0.481. The molecule has 1 nitrogen and oxygen atoms in total. The van der Waals surface area contributed by atoms with E-state index in [-0.39, 0.29) is 5.75 Å². The van der Waals surface area contributed by atoms with Gasteiger partial charge in [0.2, 0.25) is 5.82 Å². The minimum atomic E-state index is -0.904. The van der Waals surface area contributed by atoms with Crippen molar-refractivity contribution in [1.29, 1.82) is 0 Å². The van der Waals surface area contributed by atoms with E-state index in [1.54, 1.807) is 0 Å². The maximum atomic E-state index is 13.2. The lowest BCUT2D eigenvalue weighted by atomic mass is 10.1. The van der Waals surface area contributed by atoms with E-state index in [9.17, 15) is 8.78 Å². The third-order valence-electron chi connectivity index (χ3n) is 2.48. The second-order valence-electron chi connectivity index (χ2n) is 3.89. The molecule has 0 aliphatic carbocycles. The molecule has 1 aromatic carbocycles. The molecule has 0 saturated heterocycles. The molecular formula is C14H18F2O. The zero-order chi connectivity index (χ0) is 12.5. The second kappa shape index (κ2) is 7.82. The summed E-state index contributed by atoms with van der Waals surface area (Å²) < 4.78 is 31.2. The molecule has 0 aliphatic heterocycles. The minimum Gasteiger partial charge on any atom is -0.490 e. The minimum absolute atomic E-state index is 0.00362. The molecule has 0 aliphatic rings. The highest BCUT2D eigenvalue weighted by molar-refractivity contribution is 5.24. The molecule has 17 heavy (non-hydrogen) atoms. The van der Waals surface area contributed by atoms with Crippen LogP contribution < -0.4 is 4.74 Å². The standard InChI is InChI=1S/C14H18F2O/c1-2-3-4-5-6-7-11-17-13-10-8-9-12(15)14(13)16/h2,8-10H,1,3-7,11H2. The van der Waals surface area contributed by atoms with Gasteiger partial charge in [0.1, 0.15) is 0 Å². The van der Waals surface area contributed by atoms with Crippen LogP contribution in [0.4, 0.5) is 8.78 Å². The van der Waals surface area contributed by atoms with Crippen LogP contribution in [-0.2, 0) is 0 Å². The summed E-state index contributed by atoms with van der Waals surface area (Å²) >= 11 is 0. The van der Waals surface area contributed by atoms with Crippen molar-refractivity contribution in [2.45, 2.75) is 32.1 Å². The molecular weight excluding hydrogens is 222 g/mol. The summed E-state index contributed by atoms with van der Waals surface area (Å²) in [6, 6.07) is 3.96. The SMILES string of the molecule is C=CCCCCCCOc1cccc(F)c1F. The van der Waals surface area contributed by atoms with Crippen LogP contribution >= 0.6 is 0 Å². The number of benzene rings is 1. The van der Waals surface area contributed by atoms with Gasteiger partial charge in [0.05, 0.1) is 6.61 Å². The molecule has 0 unspecified atom stereocenters. The number of unbranched alkanes of at least 4 members (excludes halogenated alkanes) is 4. The molecule has 1 rings (SSSR count). The van der Waals surface area contributed by atoms with Gasteiger partial charge in [0, 0.05) is 0 Å². The smallest absolute Gasteiger partial charge is 0.200 e. The number of ether oxygens (including phenoxy) is 1. The van der Waals surface area contributed by atoms with Gasteiger partial charge in [-0.1, -0.05) is 25.0 Å². The fraction of sp³-hybridized carbons (Fsp3) is 0.429. The average molecular weight is 240 g/mol. The highest BCUT2D eigenvalue weighted by atomic mass is 19.2. The van der Waals surface area contributed by atoms with E-state index in [1.165, 1.54) is 12.1 Å². The number of rotatable bonds is 8. The number of halogens is 2. The van der Waals surface area contributed by atoms with Crippen LogP contribution in [0.2, 0.25) is 0 Å². The van der Waals surface area contributed by atoms with Gasteiger partial charge in [0.15, 0.2) is 11.6 Å². The molecule has 0 spiro atoms. The molecule has 0 fully saturated rings. The van der Waals surface area contributed by atoms with Crippen LogP contribution in [0.15, 0.2) is 30.9 Å². The molecule has 0 atom stereocenters. The second-order valence-corrected chi connectivity index (χ2v) is 3.89. The fourth-order valence-electron chi connectivity index (χ4n) is 1.52. The van der Waals surface area contributed by atoms with Crippen LogP contribution in [0, 0.1) is 11.6 Å². The third kappa shape index (κ3) is 4.98. The van der Waals surface area contributed by atoms with Gasteiger partial charge in [-0.05, 0) is 31.4 Å². The van der Waals surface area contributed by atoms with Crippen LogP contribution in [0.1, 0.15) is 32.1 Å². The van der Waals surface area contributed by atoms with E-state index in [0.717, 1.165) is 38.2 Å². The predicted molar refractivity (Wildman–Crippen MR) is 65.1 cm³/mol. The van der Waals surface area contributed by atoms with Crippen molar-refractivity contribution in [1.82, 2.24) is 0 Å². The molecule has 0 heterocycles. The van der Waals surface area contributed by atoms with Crippen LogP contribution in [0.25, 0.3) is 0 Å². The normalized spacial score (nSPS) is 10.2. The fourth-order valence-corrected chi connectivity index (χ4v) is 1.52. The Bertz CT molecular complexity index is 350. The predicted octanol–water partition coefficient (Wildman–Crippen LogP) is 4.48. The third-order valence-corrected chi connectivity index (χ3v) is 2.48. The topological polar surface area (TPSA) is 9.23 Å². The lowest BCUT2D eigenvalue weighted by Crippen LogP contribution is -2.00. The number of hydrogen-bond acceptors (Lipinski definition) is 1. The van der Waals surface area contributed by atoms with Crippen LogP contribution in [0.5, 0.6) is 5.75 Å². The largest absolute Gasteiger partial charge is 0.490 e. The van der Waals surface area contributed by atoms with E-state index in [2.05, 4.69) is 6.58 Å². The van der Waals surface area contributed by atoms with Crippen LogP contribution in [0.3, 0.4) is 0 Å².